The molecule has 0 heterocycles. The van der Waals surface area contributed by atoms with Gasteiger partial charge in [-0.1, -0.05) is 0 Å². The Morgan fingerprint density at radius 2 is 1.46 bits per heavy atom. The van der Waals surface area contributed by atoms with E-state index in [9.17, 15) is 24.0 Å². The average Bonchev–Trinajstić information content (AvgIpc) is 2.55. The Hall–Kier alpha value is -3.42. The zero-order valence-electron chi connectivity index (χ0n) is 15.0. The number of rotatable bonds is 13. The van der Waals surface area contributed by atoms with E-state index in [1.54, 1.807) is 0 Å². The average molecular weight is 403 g/mol. The number of aliphatic imine (C=N–C) groups is 1. The molecule has 12 N–H and O–H groups in total. The highest BCUT2D eigenvalue weighted by Gasteiger charge is 2.29. The fourth-order valence-corrected chi connectivity index (χ4v) is 2.01. The Kier molecular flexibility index (Phi) is 10.6. The Labute approximate surface area is 159 Å². The summed E-state index contributed by atoms with van der Waals surface area (Å²) in [5.41, 5.74) is 20.8. The maximum absolute atomic E-state index is 12.3. The van der Waals surface area contributed by atoms with Crippen LogP contribution in [0.3, 0.4) is 0 Å². The van der Waals surface area contributed by atoms with Crippen molar-refractivity contribution >= 4 is 35.6 Å². The first-order valence-electron chi connectivity index (χ1n) is 8.08. The highest BCUT2D eigenvalue weighted by molar-refractivity contribution is 5.94. The second-order valence-corrected chi connectivity index (χ2v) is 5.78. The Balaban J connectivity index is 5.16. The largest absolute Gasteiger partial charge is 0.481 e. The van der Waals surface area contributed by atoms with E-state index < -0.39 is 60.6 Å². The summed E-state index contributed by atoms with van der Waals surface area (Å²) >= 11 is 0. The number of carbonyl (C=O) groups is 5. The lowest BCUT2D eigenvalue weighted by Crippen LogP contribution is -2.55. The van der Waals surface area contributed by atoms with Gasteiger partial charge in [-0.15, -0.1) is 0 Å². The predicted octanol–water partition coefficient (Wildman–Crippen LogP) is -4.23. The summed E-state index contributed by atoms with van der Waals surface area (Å²) in [6.45, 7) is 0.118. The van der Waals surface area contributed by atoms with Gasteiger partial charge in [-0.2, -0.15) is 0 Å². The SMILES string of the molecule is NC(=O)CC(N)C(=O)NC(CCCN=C(N)N)C(=O)NC(CC(=O)O)C(=O)O. The molecular weight excluding hydrogens is 378 g/mol. The Morgan fingerprint density at radius 1 is 0.893 bits per heavy atom. The number of nitrogens with one attached hydrogen (secondary N) is 2. The molecule has 158 valence electrons. The van der Waals surface area contributed by atoms with Gasteiger partial charge in [0.25, 0.3) is 0 Å². The van der Waals surface area contributed by atoms with Crippen molar-refractivity contribution in [2.45, 2.75) is 43.8 Å². The first-order chi connectivity index (χ1) is 12.9. The molecule has 0 aromatic heterocycles. The van der Waals surface area contributed by atoms with Crippen LogP contribution in [-0.4, -0.2) is 70.5 Å². The summed E-state index contributed by atoms with van der Waals surface area (Å²) in [6, 6.07) is -4.29. The second-order valence-electron chi connectivity index (χ2n) is 5.78. The number of hydrogen-bond donors (Lipinski definition) is 8. The molecule has 0 radical (unpaired) electrons. The third kappa shape index (κ3) is 10.5. The molecule has 3 unspecified atom stereocenters. The van der Waals surface area contributed by atoms with E-state index in [1.807, 2.05) is 5.32 Å². The lowest BCUT2D eigenvalue weighted by Gasteiger charge is -2.22. The van der Waals surface area contributed by atoms with Crippen molar-refractivity contribution < 1.29 is 34.2 Å². The summed E-state index contributed by atoms with van der Waals surface area (Å²) in [5.74, 6) is -5.83. The van der Waals surface area contributed by atoms with E-state index in [4.69, 9.17) is 33.1 Å². The van der Waals surface area contributed by atoms with Crippen LogP contribution in [0.2, 0.25) is 0 Å². The first-order valence-corrected chi connectivity index (χ1v) is 8.08. The number of hydrogen-bond acceptors (Lipinski definition) is 7. The maximum atomic E-state index is 12.3. The van der Waals surface area contributed by atoms with E-state index in [2.05, 4.69) is 10.3 Å². The van der Waals surface area contributed by atoms with Crippen LogP contribution in [-0.2, 0) is 24.0 Å². The molecule has 0 aromatic rings. The predicted molar refractivity (Wildman–Crippen MR) is 95.4 cm³/mol. The lowest BCUT2D eigenvalue weighted by atomic mass is 10.1. The summed E-state index contributed by atoms with van der Waals surface area (Å²) in [5, 5.41) is 22.0. The van der Waals surface area contributed by atoms with E-state index in [0.717, 1.165) is 0 Å². The lowest BCUT2D eigenvalue weighted by molar-refractivity contribution is -0.147. The molecule has 14 heteroatoms. The van der Waals surface area contributed by atoms with Crippen LogP contribution in [0, 0.1) is 0 Å². The number of carboxylic acids is 2. The highest BCUT2D eigenvalue weighted by atomic mass is 16.4. The van der Waals surface area contributed by atoms with Crippen molar-refractivity contribution in [1.82, 2.24) is 10.6 Å². The second kappa shape index (κ2) is 12.1. The third-order valence-electron chi connectivity index (χ3n) is 3.33. The number of nitrogens with zero attached hydrogens (tertiary/aromatic N) is 1. The van der Waals surface area contributed by atoms with Gasteiger partial charge in [0.05, 0.1) is 18.9 Å². The summed E-state index contributed by atoms with van der Waals surface area (Å²) in [4.78, 5) is 60.8. The number of primary amides is 1. The van der Waals surface area contributed by atoms with Crippen molar-refractivity contribution in [3.63, 3.8) is 0 Å². The fraction of sp³-hybridized carbons (Fsp3) is 0.571. The molecule has 14 nitrogen and oxygen atoms in total. The zero-order valence-corrected chi connectivity index (χ0v) is 15.0. The number of carboxylic acid groups (broad SMARTS) is 2. The van der Waals surface area contributed by atoms with Gasteiger partial charge < -0.3 is 43.8 Å². The van der Waals surface area contributed by atoms with Gasteiger partial charge in [-0.05, 0) is 12.8 Å². The molecule has 28 heavy (non-hydrogen) atoms. The van der Waals surface area contributed by atoms with Crippen LogP contribution in [0.5, 0.6) is 0 Å². The van der Waals surface area contributed by atoms with Crippen molar-refractivity contribution in [2.24, 2.45) is 27.9 Å². The van der Waals surface area contributed by atoms with Crippen LogP contribution < -0.4 is 33.6 Å². The number of carbonyl (C=O) groups excluding carboxylic acids is 3. The van der Waals surface area contributed by atoms with Gasteiger partial charge in [-0.25, -0.2) is 4.79 Å². The van der Waals surface area contributed by atoms with Gasteiger partial charge in [-0.3, -0.25) is 24.2 Å². The molecule has 3 amide bonds. The summed E-state index contributed by atoms with van der Waals surface area (Å²) in [7, 11) is 0. The number of aliphatic carboxylic acids is 2. The van der Waals surface area contributed by atoms with E-state index >= 15 is 0 Å². The fourth-order valence-electron chi connectivity index (χ4n) is 2.01. The Morgan fingerprint density at radius 3 is 1.93 bits per heavy atom. The third-order valence-corrected chi connectivity index (χ3v) is 3.33. The maximum Gasteiger partial charge on any atom is 0.326 e. The molecule has 0 aromatic carbocycles. The normalized spacial score (nSPS) is 13.5. The minimum atomic E-state index is -1.71. The Bertz CT molecular complexity index is 634. The molecule has 0 aliphatic carbocycles. The summed E-state index contributed by atoms with van der Waals surface area (Å²) < 4.78 is 0. The molecule has 0 saturated heterocycles. The molecule has 0 rings (SSSR count). The smallest absolute Gasteiger partial charge is 0.326 e. The summed E-state index contributed by atoms with van der Waals surface area (Å²) in [6.07, 6.45) is -1.13. The van der Waals surface area contributed by atoms with E-state index in [1.165, 1.54) is 0 Å². The van der Waals surface area contributed by atoms with E-state index in [-0.39, 0.29) is 25.3 Å². The highest BCUT2D eigenvalue weighted by Crippen LogP contribution is 2.03. The molecule has 0 saturated carbocycles. The van der Waals surface area contributed by atoms with Crippen LogP contribution >= 0.6 is 0 Å². The monoisotopic (exact) mass is 403 g/mol. The molecule has 0 fully saturated rings. The molecule has 0 aliphatic heterocycles. The number of amides is 3. The minimum Gasteiger partial charge on any atom is -0.481 e. The molecule has 3 atom stereocenters. The van der Waals surface area contributed by atoms with Crippen molar-refractivity contribution in [3.05, 3.63) is 0 Å². The van der Waals surface area contributed by atoms with Gasteiger partial charge >= 0.3 is 11.9 Å². The standard InChI is InChI=1S/C14H25N7O7/c15-6(4-9(16)22)11(25)20-7(2-1-3-19-14(17)18)12(26)21-8(13(27)28)5-10(23)24/h6-8H,1-5,15H2,(H2,16,22)(H,20,25)(H,21,26)(H,23,24)(H,27,28)(H4,17,18,19). The van der Waals surface area contributed by atoms with Gasteiger partial charge in [0.2, 0.25) is 17.7 Å². The van der Waals surface area contributed by atoms with Crippen molar-refractivity contribution in [1.29, 1.82) is 0 Å². The molecule has 0 aliphatic rings. The number of nitrogens with two attached hydrogens (primary N) is 4. The van der Waals surface area contributed by atoms with Crippen LogP contribution in [0.15, 0.2) is 4.99 Å². The topological polar surface area (TPSA) is 266 Å². The van der Waals surface area contributed by atoms with Gasteiger partial charge in [0.1, 0.15) is 12.1 Å². The molecular formula is C14H25N7O7. The first kappa shape index (κ1) is 24.6. The van der Waals surface area contributed by atoms with Crippen molar-refractivity contribution in [2.75, 3.05) is 6.54 Å². The van der Waals surface area contributed by atoms with Crippen LogP contribution in [0.25, 0.3) is 0 Å². The quantitative estimate of drug-likeness (QED) is 0.0833. The minimum absolute atomic E-state index is 0.0168. The van der Waals surface area contributed by atoms with Crippen LogP contribution in [0.4, 0.5) is 0 Å². The zero-order chi connectivity index (χ0) is 21.9. The van der Waals surface area contributed by atoms with Gasteiger partial charge in [0.15, 0.2) is 5.96 Å². The van der Waals surface area contributed by atoms with E-state index in [0.29, 0.717) is 0 Å². The molecule has 0 spiro atoms. The van der Waals surface area contributed by atoms with Crippen LogP contribution in [0.1, 0.15) is 25.7 Å². The molecule has 0 bridgehead atoms. The number of guanidine groups is 1. The van der Waals surface area contributed by atoms with Crippen molar-refractivity contribution in [3.8, 4) is 0 Å². The van der Waals surface area contributed by atoms with Gasteiger partial charge in [0, 0.05) is 6.54 Å².